The van der Waals surface area contributed by atoms with Crippen molar-refractivity contribution in [2.45, 2.75) is 12.5 Å². The number of imide groups is 1. The molecule has 1 fully saturated rings. The number of fused-ring (bicyclic) bond motifs is 1. The van der Waals surface area contributed by atoms with E-state index in [1.54, 1.807) is 6.92 Å². The lowest BCUT2D eigenvalue weighted by molar-refractivity contribution is -0.133. The number of carbonyl (C=O) groups is 3. The summed E-state index contributed by atoms with van der Waals surface area (Å²) < 4.78 is 0. The fourth-order valence-corrected chi connectivity index (χ4v) is 3.53. The van der Waals surface area contributed by atoms with Gasteiger partial charge in [-0.05, 0) is 29.3 Å². The zero-order chi connectivity index (χ0) is 19.0. The van der Waals surface area contributed by atoms with E-state index < -0.39 is 29.9 Å². The van der Waals surface area contributed by atoms with Crippen LogP contribution in [0.1, 0.15) is 12.5 Å². The predicted octanol–water partition coefficient (Wildman–Crippen LogP) is 2.10. The van der Waals surface area contributed by atoms with Gasteiger partial charge in [0.25, 0.3) is 5.91 Å². The Labute approximate surface area is 158 Å². The first-order chi connectivity index (χ1) is 13.0. The average Bonchev–Trinajstić information content (AvgIpc) is 3.24. The van der Waals surface area contributed by atoms with E-state index in [2.05, 4.69) is 20.8 Å². The van der Waals surface area contributed by atoms with E-state index in [1.165, 1.54) is 5.51 Å². The molecule has 0 aliphatic carbocycles. The molecule has 1 saturated heterocycles. The molecule has 2 heterocycles. The molecule has 2 N–H and O–H groups in total. The van der Waals surface area contributed by atoms with Crippen molar-refractivity contribution in [3.8, 4) is 0 Å². The van der Waals surface area contributed by atoms with Crippen LogP contribution in [0.25, 0.3) is 10.8 Å². The maximum atomic E-state index is 12.9. The van der Waals surface area contributed by atoms with Gasteiger partial charge in [-0.1, -0.05) is 47.7 Å². The SMILES string of the molecule is CC1(c2ccc3ccccc3c2)NC(=O)N(CC(=O)Nc2nncs2)C1=O. The van der Waals surface area contributed by atoms with Crippen LogP contribution in [0.15, 0.2) is 48.0 Å². The van der Waals surface area contributed by atoms with Crippen LogP contribution in [0.4, 0.5) is 9.93 Å². The van der Waals surface area contributed by atoms with E-state index in [4.69, 9.17) is 0 Å². The summed E-state index contributed by atoms with van der Waals surface area (Å²) in [6.07, 6.45) is 0. The highest BCUT2D eigenvalue weighted by Crippen LogP contribution is 2.31. The smallest absolute Gasteiger partial charge is 0.319 e. The molecule has 1 atom stereocenters. The number of urea groups is 1. The van der Waals surface area contributed by atoms with Gasteiger partial charge in [-0.2, -0.15) is 0 Å². The van der Waals surface area contributed by atoms with Gasteiger partial charge in [0.05, 0.1) is 0 Å². The van der Waals surface area contributed by atoms with Crippen LogP contribution in [-0.4, -0.2) is 39.5 Å². The highest BCUT2D eigenvalue weighted by atomic mass is 32.1. The van der Waals surface area contributed by atoms with E-state index in [1.807, 2.05) is 42.5 Å². The van der Waals surface area contributed by atoms with Gasteiger partial charge in [0.1, 0.15) is 17.6 Å². The molecule has 3 aromatic rings. The van der Waals surface area contributed by atoms with Crippen molar-refractivity contribution in [2.75, 3.05) is 11.9 Å². The maximum Gasteiger partial charge on any atom is 0.325 e. The number of rotatable bonds is 4. The maximum absolute atomic E-state index is 12.9. The lowest BCUT2D eigenvalue weighted by Crippen LogP contribution is -2.42. The summed E-state index contributed by atoms with van der Waals surface area (Å²) in [4.78, 5) is 38.4. The zero-order valence-corrected chi connectivity index (χ0v) is 15.1. The fraction of sp³-hybridized carbons (Fsp3) is 0.167. The fourth-order valence-electron chi connectivity index (χ4n) is 3.07. The normalized spacial score (nSPS) is 19.4. The minimum atomic E-state index is -1.23. The highest BCUT2D eigenvalue weighted by molar-refractivity contribution is 7.13. The third-order valence-corrected chi connectivity index (χ3v) is 5.12. The molecule has 0 radical (unpaired) electrons. The van der Waals surface area contributed by atoms with Gasteiger partial charge in [0, 0.05) is 0 Å². The van der Waals surface area contributed by atoms with Crippen LogP contribution in [0, 0.1) is 0 Å². The molecule has 1 aromatic heterocycles. The van der Waals surface area contributed by atoms with Crippen LogP contribution in [0.2, 0.25) is 0 Å². The summed E-state index contributed by atoms with van der Waals surface area (Å²) in [5, 5.41) is 14.9. The highest BCUT2D eigenvalue weighted by Gasteiger charge is 2.49. The van der Waals surface area contributed by atoms with Crippen LogP contribution in [0.5, 0.6) is 0 Å². The largest absolute Gasteiger partial charge is 0.325 e. The molecule has 4 amide bonds. The summed E-state index contributed by atoms with van der Waals surface area (Å²) in [7, 11) is 0. The van der Waals surface area contributed by atoms with Crippen LogP contribution < -0.4 is 10.6 Å². The molecule has 27 heavy (non-hydrogen) atoms. The molecular weight excluding hydrogens is 366 g/mol. The summed E-state index contributed by atoms with van der Waals surface area (Å²) in [6, 6.07) is 12.7. The molecule has 1 unspecified atom stereocenters. The molecular formula is C18H15N5O3S. The second kappa shape index (κ2) is 6.44. The Bertz CT molecular complexity index is 1050. The minimum absolute atomic E-state index is 0.310. The molecule has 1 aliphatic rings. The van der Waals surface area contributed by atoms with Gasteiger partial charge >= 0.3 is 6.03 Å². The third-order valence-electron chi connectivity index (χ3n) is 4.51. The molecule has 136 valence electrons. The Balaban J connectivity index is 1.57. The first kappa shape index (κ1) is 17.1. The van der Waals surface area contributed by atoms with Crippen molar-refractivity contribution in [3.63, 3.8) is 0 Å². The Kier molecular flexibility index (Phi) is 4.08. The number of nitrogens with zero attached hydrogens (tertiary/aromatic N) is 3. The van der Waals surface area contributed by atoms with Crippen molar-refractivity contribution in [1.29, 1.82) is 0 Å². The lowest BCUT2D eigenvalue weighted by atomic mass is 9.90. The molecule has 0 bridgehead atoms. The van der Waals surface area contributed by atoms with Crippen LogP contribution in [0.3, 0.4) is 0 Å². The van der Waals surface area contributed by atoms with Crippen molar-refractivity contribution >= 4 is 45.1 Å². The molecule has 8 nitrogen and oxygen atoms in total. The van der Waals surface area contributed by atoms with E-state index >= 15 is 0 Å². The predicted molar refractivity (Wildman–Crippen MR) is 100 cm³/mol. The Morgan fingerprint density at radius 3 is 2.74 bits per heavy atom. The standard InChI is InChI=1S/C18H15N5O3S/c1-18(13-7-6-11-4-2-3-5-12(11)8-13)15(25)23(17(26)21-18)9-14(24)20-16-22-19-10-27-16/h2-8,10H,9H2,1H3,(H,21,26)(H,20,22,24). The first-order valence-electron chi connectivity index (χ1n) is 8.17. The minimum Gasteiger partial charge on any atom is -0.319 e. The van der Waals surface area contributed by atoms with E-state index in [0.29, 0.717) is 10.7 Å². The van der Waals surface area contributed by atoms with Gasteiger partial charge in [-0.15, -0.1) is 10.2 Å². The zero-order valence-electron chi connectivity index (χ0n) is 14.3. The number of amides is 4. The first-order valence-corrected chi connectivity index (χ1v) is 9.05. The number of hydrogen-bond acceptors (Lipinski definition) is 6. The lowest BCUT2D eigenvalue weighted by Gasteiger charge is -2.22. The van der Waals surface area contributed by atoms with Crippen LogP contribution >= 0.6 is 11.3 Å². The van der Waals surface area contributed by atoms with E-state index in [-0.39, 0.29) is 0 Å². The molecule has 2 aromatic carbocycles. The summed E-state index contributed by atoms with van der Waals surface area (Å²) in [6.45, 7) is 1.24. The van der Waals surface area contributed by atoms with Crippen molar-refractivity contribution in [1.82, 2.24) is 20.4 Å². The summed E-state index contributed by atoms with van der Waals surface area (Å²) in [5.41, 5.74) is 0.899. The molecule has 4 rings (SSSR count). The number of carbonyl (C=O) groups excluding carboxylic acids is 3. The van der Waals surface area contributed by atoms with Crippen molar-refractivity contribution in [3.05, 3.63) is 53.5 Å². The Morgan fingerprint density at radius 1 is 1.22 bits per heavy atom. The monoisotopic (exact) mass is 381 g/mol. The second-order valence-corrected chi connectivity index (χ2v) is 7.13. The number of anilines is 1. The topological polar surface area (TPSA) is 104 Å². The Morgan fingerprint density at radius 2 is 2.00 bits per heavy atom. The van der Waals surface area contributed by atoms with Gasteiger partial charge in [0.15, 0.2) is 0 Å². The van der Waals surface area contributed by atoms with Gasteiger partial charge in [-0.25, -0.2) is 4.79 Å². The average molecular weight is 381 g/mol. The molecule has 1 aliphatic heterocycles. The summed E-state index contributed by atoms with van der Waals surface area (Å²) >= 11 is 1.15. The number of benzene rings is 2. The van der Waals surface area contributed by atoms with Crippen molar-refractivity contribution < 1.29 is 14.4 Å². The molecule has 9 heteroatoms. The second-order valence-electron chi connectivity index (χ2n) is 6.30. The van der Waals surface area contributed by atoms with Crippen molar-refractivity contribution in [2.24, 2.45) is 0 Å². The number of nitrogens with one attached hydrogen (secondary N) is 2. The number of aromatic nitrogens is 2. The quantitative estimate of drug-likeness (QED) is 0.674. The van der Waals surface area contributed by atoms with Crippen LogP contribution in [-0.2, 0) is 15.1 Å². The Hall–Kier alpha value is -3.33. The van der Waals surface area contributed by atoms with Gasteiger partial charge < -0.3 is 5.32 Å². The van der Waals surface area contributed by atoms with E-state index in [9.17, 15) is 14.4 Å². The van der Waals surface area contributed by atoms with Gasteiger partial charge in [0.2, 0.25) is 11.0 Å². The molecule has 0 saturated carbocycles. The third kappa shape index (κ3) is 3.02. The summed E-state index contributed by atoms with van der Waals surface area (Å²) in [5.74, 6) is -0.992. The van der Waals surface area contributed by atoms with Gasteiger partial charge in [-0.3, -0.25) is 19.8 Å². The molecule has 0 spiro atoms. The number of hydrogen-bond donors (Lipinski definition) is 2. The van der Waals surface area contributed by atoms with E-state index in [0.717, 1.165) is 27.0 Å².